The normalized spacial score (nSPS) is 16.4. The van der Waals surface area contributed by atoms with Crippen LogP contribution in [0.1, 0.15) is 35.9 Å². The van der Waals surface area contributed by atoms with Gasteiger partial charge < -0.3 is 14.8 Å². The fraction of sp³-hybridized carbons (Fsp3) is 0.364. The minimum Gasteiger partial charge on any atom is -0.462 e. The summed E-state index contributed by atoms with van der Waals surface area (Å²) in [6, 6.07) is 6.16. The van der Waals surface area contributed by atoms with Gasteiger partial charge in [0.1, 0.15) is 21.3 Å². The highest BCUT2D eigenvalue weighted by atomic mass is 32.1. The molecule has 31 heavy (non-hydrogen) atoms. The Morgan fingerprint density at radius 1 is 1.29 bits per heavy atom. The van der Waals surface area contributed by atoms with Gasteiger partial charge in [-0.1, -0.05) is 0 Å². The topological polar surface area (TPSA) is 69.6 Å². The van der Waals surface area contributed by atoms with Gasteiger partial charge in [0, 0.05) is 24.1 Å². The summed E-state index contributed by atoms with van der Waals surface area (Å²) in [5, 5.41) is 3.48. The molecule has 164 valence electrons. The van der Waals surface area contributed by atoms with Crippen LogP contribution in [0, 0.1) is 11.6 Å². The molecule has 1 fully saturated rings. The summed E-state index contributed by atoms with van der Waals surface area (Å²) < 4.78 is 40.1. The van der Waals surface area contributed by atoms with Gasteiger partial charge in [-0.05, 0) is 44.4 Å². The quantitative estimate of drug-likeness (QED) is 0.547. The molecule has 0 saturated carbocycles. The lowest BCUT2D eigenvalue weighted by Crippen LogP contribution is -2.30. The number of carbonyl (C=O) groups is 1. The van der Waals surface area contributed by atoms with Crippen molar-refractivity contribution in [3.05, 3.63) is 57.2 Å². The highest BCUT2D eigenvalue weighted by Gasteiger charge is 2.24. The fourth-order valence-electron chi connectivity index (χ4n) is 3.65. The molecule has 1 unspecified atom stereocenters. The summed E-state index contributed by atoms with van der Waals surface area (Å²) in [6.07, 6.45) is 2.80. The second-order valence-electron chi connectivity index (χ2n) is 7.27. The summed E-state index contributed by atoms with van der Waals surface area (Å²) in [6.45, 7) is 2.88. The summed E-state index contributed by atoms with van der Waals surface area (Å²) >= 11 is 1.10. The Hall–Kier alpha value is -2.78. The van der Waals surface area contributed by atoms with E-state index >= 15 is 0 Å². The third-order valence-electron chi connectivity index (χ3n) is 5.14. The number of nitrogens with zero attached hydrogens (tertiary/aromatic N) is 1. The number of nitrogens with one attached hydrogen (secondary N) is 1. The van der Waals surface area contributed by atoms with Gasteiger partial charge in [0.2, 0.25) is 0 Å². The number of thiophene rings is 1. The van der Waals surface area contributed by atoms with E-state index in [1.807, 2.05) is 0 Å². The summed E-state index contributed by atoms with van der Waals surface area (Å²) in [7, 11) is 0. The first kappa shape index (κ1) is 21.5. The van der Waals surface area contributed by atoms with Gasteiger partial charge in [0.05, 0.1) is 30.6 Å². The van der Waals surface area contributed by atoms with Crippen molar-refractivity contribution in [1.82, 2.24) is 4.57 Å². The van der Waals surface area contributed by atoms with Crippen molar-refractivity contribution in [2.24, 2.45) is 0 Å². The van der Waals surface area contributed by atoms with Crippen molar-refractivity contribution in [3.8, 4) is 0 Å². The van der Waals surface area contributed by atoms with Crippen molar-refractivity contribution in [2.75, 3.05) is 18.5 Å². The maximum absolute atomic E-state index is 14.3. The molecule has 4 rings (SSSR count). The first-order valence-electron chi connectivity index (χ1n) is 10.1. The number of halogens is 2. The lowest BCUT2D eigenvalue weighted by Gasteiger charge is -2.23. The Bertz CT molecular complexity index is 1170. The molecular weight excluding hydrogens is 426 g/mol. The highest BCUT2D eigenvalue weighted by Crippen LogP contribution is 2.38. The number of anilines is 2. The van der Waals surface area contributed by atoms with Gasteiger partial charge in [-0.3, -0.25) is 9.36 Å². The number of carbonyl (C=O) groups excluding carboxylic acids is 1. The second kappa shape index (κ2) is 9.15. The molecule has 3 heterocycles. The van der Waals surface area contributed by atoms with Crippen LogP contribution in [0.4, 0.5) is 20.2 Å². The lowest BCUT2D eigenvalue weighted by atomic mass is 10.1. The zero-order chi connectivity index (χ0) is 22.0. The summed E-state index contributed by atoms with van der Waals surface area (Å²) in [5.74, 6) is -2.08. The van der Waals surface area contributed by atoms with Crippen LogP contribution < -0.4 is 10.9 Å². The van der Waals surface area contributed by atoms with E-state index in [-0.39, 0.29) is 28.8 Å². The molecule has 0 amide bonds. The molecule has 2 aromatic heterocycles. The SMILES string of the molecule is CCOC(=O)c1sc2c(ccc(=O)n2CC2CCCCO2)c1Nc1ccc(F)cc1F. The van der Waals surface area contributed by atoms with E-state index in [1.165, 1.54) is 12.1 Å². The molecule has 0 bridgehead atoms. The number of esters is 1. The predicted octanol–water partition coefficient (Wildman–Crippen LogP) is 4.83. The average molecular weight is 448 g/mol. The molecule has 0 spiro atoms. The molecule has 0 aliphatic carbocycles. The monoisotopic (exact) mass is 448 g/mol. The maximum Gasteiger partial charge on any atom is 0.350 e. The Labute approximate surface area is 181 Å². The smallest absolute Gasteiger partial charge is 0.350 e. The minimum absolute atomic E-state index is 0.0139. The Morgan fingerprint density at radius 2 is 2.13 bits per heavy atom. The molecule has 1 saturated heterocycles. The van der Waals surface area contributed by atoms with Crippen LogP contribution >= 0.6 is 11.3 Å². The van der Waals surface area contributed by atoms with Crippen LogP contribution in [-0.4, -0.2) is 29.9 Å². The van der Waals surface area contributed by atoms with E-state index in [9.17, 15) is 18.4 Å². The van der Waals surface area contributed by atoms with Crippen LogP contribution in [0.3, 0.4) is 0 Å². The predicted molar refractivity (Wildman–Crippen MR) is 115 cm³/mol. The minimum atomic E-state index is -0.793. The van der Waals surface area contributed by atoms with Crippen molar-refractivity contribution < 1.29 is 23.0 Å². The summed E-state index contributed by atoms with van der Waals surface area (Å²) in [5.41, 5.74) is 0.125. The number of aromatic nitrogens is 1. The average Bonchev–Trinajstić information content (AvgIpc) is 3.12. The Balaban J connectivity index is 1.82. The first-order chi connectivity index (χ1) is 15.0. The van der Waals surface area contributed by atoms with Gasteiger partial charge in [-0.15, -0.1) is 11.3 Å². The molecule has 1 N–H and O–H groups in total. The molecule has 9 heteroatoms. The molecular formula is C22H22F2N2O4S. The van der Waals surface area contributed by atoms with Crippen molar-refractivity contribution >= 4 is 38.9 Å². The van der Waals surface area contributed by atoms with Gasteiger partial charge >= 0.3 is 5.97 Å². The van der Waals surface area contributed by atoms with Gasteiger partial charge in [0.25, 0.3) is 5.56 Å². The number of fused-ring (bicyclic) bond motifs is 1. The molecule has 0 radical (unpaired) electrons. The Morgan fingerprint density at radius 3 is 2.84 bits per heavy atom. The van der Waals surface area contributed by atoms with Gasteiger partial charge in [0.15, 0.2) is 0 Å². The van der Waals surface area contributed by atoms with Crippen LogP contribution in [0.2, 0.25) is 0 Å². The first-order valence-corrected chi connectivity index (χ1v) is 11.0. The van der Waals surface area contributed by atoms with Gasteiger partial charge in [-0.2, -0.15) is 0 Å². The molecule has 1 atom stereocenters. The maximum atomic E-state index is 14.3. The number of rotatable bonds is 6. The zero-order valence-corrected chi connectivity index (χ0v) is 17.8. The Kier molecular flexibility index (Phi) is 6.33. The third kappa shape index (κ3) is 4.47. The molecule has 6 nitrogen and oxygen atoms in total. The lowest BCUT2D eigenvalue weighted by molar-refractivity contribution is 0.00623. The van der Waals surface area contributed by atoms with E-state index in [0.717, 1.165) is 42.7 Å². The molecule has 1 aliphatic heterocycles. The van der Waals surface area contributed by atoms with E-state index in [0.29, 0.717) is 29.1 Å². The van der Waals surface area contributed by atoms with E-state index in [2.05, 4.69) is 5.32 Å². The zero-order valence-electron chi connectivity index (χ0n) is 17.0. The van der Waals surface area contributed by atoms with Crippen LogP contribution in [0.25, 0.3) is 10.2 Å². The molecule has 3 aromatic rings. The van der Waals surface area contributed by atoms with Crippen molar-refractivity contribution in [3.63, 3.8) is 0 Å². The third-order valence-corrected chi connectivity index (χ3v) is 6.35. The summed E-state index contributed by atoms with van der Waals surface area (Å²) in [4.78, 5) is 26.1. The fourth-order valence-corrected chi connectivity index (χ4v) is 4.80. The number of hydrogen-bond acceptors (Lipinski definition) is 6. The van der Waals surface area contributed by atoms with Crippen LogP contribution in [-0.2, 0) is 16.0 Å². The van der Waals surface area contributed by atoms with Crippen molar-refractivity contribution in [1.29, 1.82) is 0 Å². The number of benzene rings is 1. The molecule has 1 aliphatic rings. The largest absolute Gasteiger partial charge is 0.462 e. The standard InChI is InChI=1S/C22H22F2N2O4S/c1-2-29-22(28)20-19(25-17-8-6-13(23)11-16(17)24)15-7-9-18(27)26(21(15)31-20)12-14-5-3-4-10-30-14/h6-9,11,14,25H,2-5,10,12H2,1H3. The second-order valence-corrected chi connectivity index (χ2v) is 8.26. The van der Waals surface area contributed by atoms with E-state index in [1.54, 1.807) is 17.6 Å². The number of hydrogen-bond donors (Lipinski definition) is 1. The molecule has 1 aromatic carbocycles. The number of pyridine rings is 1. The van der Waals surface area contributed by atoms with Gasteiger partial charge in [-0.25, -0.2) is 13.6 Å². The van der Waals surface area contributed by atoms with Crippen LogP contribution in [0.15, 0.2) is 35.1 Å². The van der Waals surface area contributed by atoms with Crippen LogP contribution in [0.5, 0.6) is 0 Å². The van der Waals surface area contributed by atoms with Crippen molar-refractivity contribution in [2.45, 2.75) is 38.8 Å². The highest BCUT2D eigenvalue weighted by molar-refractivity contribution is 7.21. The van der Waals surface area contributed by atoms with E-state index in [4.69, 9.17) is 9.47 Å². The van der Waals surface area contributed by atoms with E-state index < -0.39 is 17.6 Å². The number of ether oxygens (including phenoxy) is 2.